The first kappa shape index (κ1) is 13.9. The van der Waals surface area contributed by atoms with Crippen LogP contribution < -0.4 is 4.74 Å². The molecule has 0 unspecified atom stereocenters. The van der Waals surface area contributed by atoms with Crippen molar-refractivity contribution in [3.05, 3.63) is 84.4 Å². The Morgan fingerprint density at radius 2 is 1.41 bits per heavy atom. The number of ether oxygens (including phenoxy) is 1. The van der Waals surface area contributed by atoms with Crippen LogP contribution in [0.4, 0.5) is 0 Å². The lowest BCUT2D eigenvalue weighted by atomic mass is 10.0. The van der Waals surface area contributed by atoms with Crippen molar-refractivity contribution in [3.63, 3.8) is 0 Å². The third kappa shape index (κ3) is 2.99. The van der Waals surface area contributed by atoms with Gasteiger partial charge in [0.05, 0.1) is 5.56 Å². The Balaban J connectivity index is 1.90. The average molecular weight is 290 g/mol. The topological polar surface area (TPSA) is 46.5 Å². The first-order valence-electron chi connectivity index (χ1n) is 6.90. The summed E-state index contributed by atoms with van der Waals surface area (Å²) in [6, 6.07) is 23.1. The molecular formula is C19H14O3. The number of carbonyl (C=O) groups excluding carboxylic acids is 1. The molecule has 0 atom stereocenters. The smallest absolute Gasteiger partial charge is 0.343 e. The van der Waals surface area contributed by atoms with Gasteiger partial charge in [0.2, 0.25) is 0 Å². The molecule has 3 rings (SSSR count). The molecule has 3 heteroatoms. The molecular weight excluding hydrogens is 276 g/mol. The van der Waals surface area contributed by atoms with Crippen molar-refractivity contribution in [3.8, 4) is 22.6 Å². The highest BCUT2D eigenvalue weighted by Crippen LogP contribution is 2.30. The molecule has 3 nitrogen and oxygen atoms in total. The van der Waals surface area contributed by atoms with Crippen molar-refractivity contribution in [2.24, 2.45) is 0 Å². The summed E-state index contributed by atoms with van der Waals surface area (Å²) in [5.41, 5.74) is 2.23. The Morgan fingerprint density at radius 1 is 0.773 bits per heavy atom. The average Bonchev–Trinajstić information content (AvgIpc) is 2.57. The maximum Gasteiger partial charge on any atom is 0.343 e. The van der Waals surface area contributed by atoms with Gasteiger partial charge >= 0.3 is 5.97 Å². The fourth-order valence-corrected chi connectivity index (χ4v) is 2.17. The third-order valence-corrected chi connectivity index (χ3v) is 3.28. The van der Waals surface area contributed by atoms with E-state index >= 15 is 0 Å². The minimum atomic E-state index is -0.455. The van der Waals surface area contributed by atoms with E-state index in [0.29, 0.717) is 11.3 Å². The fraction of sp³-hybridized carbons (Fsp3) is 0. The second-order valence-corrected chi connectivity index (χ2v) is 4.80. The summed E-state index contributed by atoms with van der Waals surface area (Å²) in [4.78, 5) is 12.2. The van der Waals surface area contributed by atoms with Gasteiger partial charge in [-0.2, -0.15) is 0 Å². The van der Waals surface area contributed by atoms with Crippen molar-refractivity contribution in [1.29, 1.82) is 0 Å². The molecule has 108 valence electrons. The highest BCUT2D eigenvalue weighted by atomic mass is 16.5. The number of phenols is 1. The number of rotatable bonds is 3. The largest absolute Gasteiger partial charge is 0.508 e. The molecule has 0 amide bonds. The predicted octanol–water partition coefficient (Wildman–Crippen LogP) is 4.28. The van der Waals surface area contributed by atoms with Gasteiger partial charge in [0.1, 0.15) is 11.5 Å². The molecule has 1 N–H and O–H groups in total. The van der Waals surface area contributed by atoms with Gasteiger partial charge in [-0.1, -0.05) is 48.5 Å². The molecule has 22 heavy (non-hydrogen) atoms. The first-order valence-corrected chi connectivity index (χ1v) is 6.90. The maximum atomic E-state index is 12.2. The zero-order valence-electron chi connectivity index (χ0n) is 11.8. The van der Waals surface area contributed by atoms with Gasteiger partial charge in [-0.25, -0.2) is 4.79 Å². The standard InChI is InChI=1S/C19H14O3/c20-16-12-10-15(11-13-16)19(21)22-18-9-5-4-8-17(18)14-6-2-1-3-7-14/h1-13,20H. The molecule has 0 saturated carbocycles. The highest BCUT2D eigenvalue weighted by Gasteiger charge is 2.12. The summed E-state index contributed by atoms with van der Waals surface area (Å²) >= 11 is 0. The molecule has 3 aromatic carbocycles. The van der Waals surface area contributed by atoms with E-state index < -0.39 is 5.97 Å². The number of aromatic hydroxyl groups is 1. The second-order valence-electron chi connectivity index (χ2n) is 4.80. The van der Waals surface area contributed by atoms with Gasteiger partial charge in [-0.05, 0) is 35.9 Å². The number of benzene rings is 3. The predicted molar refractivity (Wildman–Crippen MR) is 84.9 cm³/mol. The SMILES string of the molecule is O=C(Oc1ccccc1-c1ccccc1)c1ccc(O)cc1. The molecule has 0 aliphatic rings. The van der Waals surface area contributed by atoms with Gasteiger partial charge in [0.15, 0.2) is 0 Å². The van der Waals surface area contributed by atoms with Gasteiger partial charge in [0, 0.05) is 5.56 Å². The van der Waals surface area contributed by atoms with Gasteiger partial charge in [-0.15, -0.1) is 0 Å². The quantitative estimate of drug-likeness (QED) is 0.578. The number of hydrogen-bond acceptors (Lipinski definition) is 3. The molecule has 3 aromatic rings. The van der Waals surface area contributed by atoms with Crippen LogP contribution in [-0.2, 0) is 0 Å². The van der Waals surface area contributed by atoms with Crippen LogP contribution in [0, 0.1) is 0 Å². The molecule has 0 bridgehead atoms. The summed E-state index contributed by atoms with van der Waals surface area (Å²) in [6.07, 6.45) is 0. The van der Waals surface area contributed by atoms with Crippen molar-refractivity contribution >= 4 is 5.97 Å². The van der Waals surface area contributed by atoms with Crippen molar-refractivity contribution < 1.29 is 14.6 Å². The Morgan fingerprint density at radius 3 is 2.14 bits per heavy atom. The van der Waals surface area contributed by atoms with Crippen LogP contribution in [0.15, 0.2) is 78.9 Å². The highest BCUT2D eigenvalue weighted by molar-refractivity contribution is 5.92. The molecule has 0 heterocycles. The molecule has 0 aromatic heterocycles. The van der Waals surface area contributed by atoms with Crippen LogP contribution in [-0.4, -0.2) is 11.1 Å². The zero-order chi connectivity index (χ0) is 15.4. The lowest BCUT2D eigenvalue weighted by molar-refractivity contribution is 0.0735. The van der Waals surface area contributed by atoms with Gasteiger partial charge in [0.25, 0.3) is 0 Å². The van der Waals surface area contributed by atoms with E-state index in [1.54, 1.807) is 6.07 Å². The van der Waals surface area contributed by atoms with E-state index in [0.717, 1.165) is 11.1 Å². The van der Waals surface area contributed by atoms with Crippen LogP contribution in [0.3, 0.4) is 0 Å². The number of carbonyl (C=O) groups is 1. The first-order chi connectivity index (χ1) is 10.7. The van der Waals surface area contributed by atoms with E-state index in [-0.39, 0.29) is 5.75 Å². The van der Waals surface area contributed by atoms with Crippen LogP contribution in [0.25, 0.3) is 11.1 Å². The van der Waals surface area contributed by atoms with Gasteiger partial charge in [-0.3, -0.25) is 0 Å². The zero-order valence-corrected chi connectivity index (χ0v) is 11.8. The Hall–Kier alpha value is -3.07. The van der Waals surface area contributed by atoms with Gasteiger partial charge < -0.3 is 9.84 Å². The summed E-state index contributed by atoms with van der Waals surface area (Å²) in [7, 11) is 0. The Kier molecular flexibility index (Phi) is 3.88. The monoisotopic (exact) mass is 290 g/mol. The van der Waals surface area contributed by atoms with E-state index in [2.05, 4.69) is 0 Å². The Labute approximate surface area is 128 Å². The minimum Gasteiger partial charge on any atom is -0.508 e. The lowest BCUT2D eigenvalue weighted by Crippen LogP contribution is -2.08. The number of para-hydroxylation sites is 1. The molecule has 0 aliphatic carbocycles. The normalized spacial score (nSPS) is 10.2. The fourth-order valence-electron chi connectivity index (χ4n) is 2.17. The summed E-state index contributed by atoms with van der Waals surface area (Å²) in [5.74, 6) is 0.163. The maximum absolute atomic E-state index is 12.2. The minimum absolute atomic E-state index is 0.112. The summed E-state index contributed by atoms with van der Waals surface area (Å²) < 4.78 is 5.51. The molecule has 0 aliphatic heterocycles. The number of hydrogen-bond donors (Lipinski definition) is 1. The van der Waals surface area contributed by atoms with Crippen LogP contribution in [0.1, 0.15) is 10.4 Å². The molecule has 0 spiro atoms. The molecule has 0 fully saturated rings. The number of phenolic OH excluding ortho intramolecular Hbond substituents is 1. The summed E-state index contributed by atoms with van der Waals surface area (Å²) in [6.45, 7) is 0. The molecule has 0 saturated heterocycles. The second kappa shape index (κ2) is 6.14. The van der Waals surface area contributed by atoms with E-state index in [4.69, 9.17) is 4.74 Å². The van der Waals surface area contributed by atoms with Crippen LogP contribution >= 0.6 is 0 Å². The van der Waals surface area contributed by atoms with Crippen LogP contribution in [0.5, 0.6) is 11.5 Å². The third-order valence-electron chi connectivity index (χ3n) is 3.28. The van der Waals surface area contributed by atoms with Crippen molar-refractivity contribution in [2.75, 3.05) is 0 Å². The number of esters is 1. The summed E-state index contributed by atoms with van der Waals surface area (Å²) in [5, 5.41) is 9.27. The van der Waals surface area contributed by atoms with Crippen LogP contribution in [0.2, 0.25) is 0 Å². The molecule has 0 radical (unpaired) electrons. The lowest BCUT2D eigenvalue weighted by Gasteiger charge is -2.10. The van der Waals surface area contributed by atoms with E-state index in [9.17, 15) is 9.90 Å². The van der Waals surface area contributed by atoms with E-state index in [1.165, 1.54) is 24.3 Å². The Bertz CT molecular complexity index is 777. The van der Waals surface area contributed by atoms with E-state index in [1.807, 2.05) is 48.5 Å². The van der Waals surface area contributed by atoms with Crippen molar-refractivity contribution in [2.45, 2.75) is 0 Å². The van der Waals surface area contributed by atoms with Crippen molar-refractivity contribution in [1.82, 2.24) is 0 Å².